The number of fused-ring (bicyclic) bond motifs is 1. The zero-order valence-corrected chi connectivity index (χ0v) is 13.9. The summed E-state index contributed by atoms with van der Waals surface area (Å²) in [5.74, 6) is -1.16. The number of nitrogens with zero attached hydrogens (tertiary/aromatic N) is 1. The summed E-state index contributed by atoms with van der Waals surface area (Å²) < 4.78 is 6.61. The zero-order chi connectivity index (χ0) is 16.1. The first kappa shape index (κ1) is 15.1. The minimum absolute atomic E-state index is 0.186. The van der Waals surface area contributed by atoms with E-state index < -0.39 is 11.5 Å². The highest BCUT2D eigenvalue weighted by Gasteiger charge is 2.46. The minimum Gasteiger partial charge on any atom is -0.480 e. The van der Waals surface area contributed by atoms with E-state index in [1.807, 2.05) is 19.1 Å². The quantitative estimate of drug-likeness (QED) is 0.882. The number of hydrogen-bond acceptors (Lipinski definition) is 3. The van der Waals surface area contributed by atoms with Gasteiger partial charge in [0.1, 0.15) is 11.1 Å². The molecule has 5 nitrogen and oxygen atoms in total. The molecule has 0 aliphatic carbocycles. The first-order valence-electron chi connectivity index (χ1n) is 7.08. The lowest BCUT2D eigenvalue weighted by Gasteiger charge is -2.30. The third-order valence-electron chi connectivity index (χ3n) is 4.32. The molecule has 1 amide bonds. The van der Waals surface area contributed by atoms with Crippen LogP contribution in [-0.4, -0.2) is 34.0 Å². The largest absolute Gasteiger partial charge is 0.480 e. The van der Waals surface area contributed by atoms with Gasteiger partial charge in [-0.25, -0.2) is 4.79 Å². The monoisotopic (exact) mass is 365 g/mol. The maximum Gasteiger partial charge on any atom is 0.329 e. The number of carbonyl (C=O) groups is 2. The van der Waals surface area contributed by atoms with Crippen molar-refractivity contribution in [2.45, 2.75) is 32.2 Å². The number of amides is 1. The number of rotatable bonds is 2. The van der Waals surface area contributed by atoms with E-state index in [0.717, 1.165) is 15.4 Å². The molecule has 2 heterocycles. The molecule has 1 atom stereocenters. The van der Waals surface area contributed by atoms with Gasteiger partial charge in [-0.1, -0.05) is 15.9 Å². The fraction of sp³-hybridized carbons (Fsp3) is 0.375. The van der Waals surface area contributed by atoms with E-state index in [2.05, 4.69) is 15.9 Å². The Hall–Kier alpha value is -1.82. The molecule has 2 aromatic rings. The fourth-order valence-electron chi connectivity index (χ4n) is 3.03. The standard InChI is InChI=1S/C16H16BrNO4/c1-9-6-11(17)7-10-8-12(22-13(9)10)14(19)18-5-3-4-16(18,2)15(20)21/h6-8H,3-5H2,1-2H3,(H,20,21). The molecule has 1 aromatic heterocycles. The second-order valence-corrected chi connectivity index (χ2v) is 6.81. The van der Waals surface area contributed by atoms with Gasteiger partial charge in [-0.15, -0.1) is 0 Å². The molecule has 3 rings (SSSR count). The average molecular weight is 366 g/mol. The summed E-state index contributed by atoms with van der Waals surface area (Å²) in [7, 11) is 0. The van der Waals surface area contributed by atoms with E-state index >= 15 is 0 Å². The number of carboxylic acid groups (broad SMARTS) is 1. The number of aryl methyl sites for hydroxylation is 1. The number of halogens is 1. The number of furan rings is 1. The number of carboxylic acids is 1. The van der Waals surface area contributed by atoms with E-state index in [0.29, 0.717) is 25.0 Å². The maximum absolute atomic E-state index is 12.7. The SMILES string of the molecule is Cc1cc(Br)cc2cc(C(=O)N3CCCC3(C)C(=O)O)oc12. The third kappa shape index (κ3) is 2.22. The van der Waals surface area contributed by atoms with Crippen molar-refractivity contribution in [2.24, 2.45) is 0 Å². The van der Waals surface area contributed by atoms with E-state index in [9.17, 15) is 14.7 Å². The van der Waals surface area contributed by atoms with Crippen molar-refractivity contribution in [1.29, 1.82) is 0 Å². The average Bonchev–Trinajstić information content (AvgIpc) is 3.02. The van der Waals surface area contributed by atoms with Gasteiger partial charge in [-0.2, -0.15) is 0 Å². The van der Waals surface area contributed by atoms with Crippen LogP contribution >= 0.6 is 15.9 Å². The summed E-state index contributed by atoms with van der Waals surface area (Å²) in [5, 5.41) is 10.3. The van der Waals surface area contributed by atoms with Gasteiger partial charge in [0.2, 0.25) is 0 Å². The van der Waals surface area contributed by atoms with Crippen molar-refractivity contribution < 1.29 is 19.1 Å². The Bertz CT molecular complexity index is 782. The van der Waals surface area contributed by atoms with Crippen LogP contribution in [0.15, 0.2) is 27.1 Å². The Morgan fingerprint density at radius 2 is 2.09 bits per heavy atom. The summed E-state index contributed by atoms with van der Waals surface area (Å²) >= 11 is 3.42. The van der Waals surface area contributed by atoms with E-state index in [1.165, 1.54) is 4.90 Å². The summed E-state index contributed by atoms with van der Waals surface area (Å²) in [6, 6.07) is 5.47. The second kappa shape index (κ2) is 5.12. The Labute approximate surface area is 136 Å². The van der Waals surface area contributed by atoms with Crippen molar-refractivity contribution in [3.05, 3.63) is 34.0 Å². The molecule has 0 saturated carbocycles. The molecule has 1 aliphatic rings. The number of carbonyl (C=O) groups excluding carboxylic acids is 1. The van der Waals surface area contributed by atoms with Crippen LogP contribution in [0.2, 0.25) is 0 Å². The van der Waals surface area contributed by atoms with Crippen LogP contribution in [0.1, 0.15) is 35.9 Å². The molecule has 1 aliphatic heterocycles. The minimum atomic E-state index is -1.16. The highest BCUT2D eigenvalue weighted by atomic mass is 79.9. The summed E-state index contributed by atoms with van der Waals surface area (Å²) in [5.41, 5.74) is 0.416. The molecule has 0 bridgehead atoms. The smallest absolute Gasteiger partial charge is 0.329 e. The Kier molecular flexibility index (Phi) is 3.51. The van der Waals surface area contributed by atoms with Crippen molar-refractivity contribution in [1.82, 2.24) is 4.90 Å². The highest BCUT2D eigenvalue weighted by Crippen LogP contribution is 2.33. The Morgan fingerprint density at radius 3 is 2.77 bits per heavy atom. The van der Waals surface area contributed by atoms with Crippen LogP contribution < -0.4 is 0 Å². The number of benzene rings is 1. The van der Waals surface area contributed by atoms with Gasteiger partial charge in [0, 0.05) is 16.4 Å². The zero-order valence-electron chi connectivity index (χ0n) is 12.4. The van der Waals surface area contributed by atoms with Gasteiger partial charge >= 0.3 is 5.97 Å². The van der Waals surface area contributed by atoms with Gasteiger partial charge in [-0.05, 0) is 50.5 Å². The fourth-order valence-corrected chi connectivity index (χ4v) is 3.62. The Morgan fingerprint density at radius 1 is 1.36 bits per heavy atom. The normalized spacial score (nSPS) is 21.5. The molecular formula is C16H16BrNO4. The highest BCUT2D eigenvalue weighted by molar-refractivity contribution is 9.10. The predicted octanol–water partition coefficient (Wildman–Crippen LogP) is 3.58. The summed E-state index contributed by atoms with van der Waals surface area (Å²) in [6.45, 7) is 3.92. The molecule has 1 unspecified atom stereocenters. The van der Waals surface area contributed by atoms with Crippen LogP contribution in [0, 0.1) is 6.92 Å². The predicted molar refractivity (Wildman–Crippen MR) is 85.0 cm³/mol. The lowest BCUT2D eigenvalue weighted by atomic mass is 9.99. The first-order valence-corrected chi connectivity index (χ1v) is 7.87. The molecule has 1 N–H and O–H groups in total. The van der Waals surface area contributed by atoms with Gasteiger partial charge in [0.15, 0.2) is 5.76 Å². The Balaban J connectivity index is 2.02. The van der Waals surface area contributed by atoms with E-state index in [-0.39, 0.29) is 11.7 Å². The number of aliphatic carboxylic acids is 1. The van der Waals surface area contributed by atoms with Crippen LogP contribution in [-0.2, 0) is 4.79 Å². The van der Waals surface area contributed by atoms with Gasteiger partial charge in [-0.3, -0.25) is 4.79 Å². The lowest BCUT2D eigenvalue weighted by molar-refractivity contribution is -0.147. The molecule has 0 radical (unpaired) electrons. The molecule has 116 valence electrons. The van der Waals surface area contributed by atoms with Gasteiger partial charge in [0.25, 0.3) is 5.91 Å². The second-order valence-electron chi connectivity index (χ2n) is 5.89. The molecule has 1 fully saturated rings. The van der Waals surface area contributed by atoms with E-state index in [4.69, 9.17) is 4.42 Å². The molecule has 0 spiro atoms. The van der Waals surface area contributed by atoms with E-state index in [1.54, 1.807) is 13.0 Å². The summed E-state index contributed by atoms with van der Waals surface area (Å²) in [6.07, 6.45) is 1.14. The van der Waals surface area contributed by atoms with Crippen LogP contribution in [0.25, 0.3) is 11.0 Å². The summed E-state index contributed by atoms with van der Waals surface area (Å²) in [4.78, 5) is 25.6. The first-order chi connectivity index (χ1) is 10.3. The maximum atomic E-state index is 12.7. The van der Waals surface area contributed by atoms with Crippen LogP contribution in [0.4, 0.5) is 0 Å². The molecular weight excluding hydrogens is 350 g/mol. The van der Waals surface area contributed by atoms with Gasteiger partial charge < -0.3 is 14.4 Å². The molecule has 22 heavy (non-hydrogen) atoms. The third-order valence-corrected chi connectivity index (χ3v) is 4.78. The topological polar surface area (TPSA) is 70.8 Å². The van der Waals surface area contributed by atoms with Crippen molar-refractivity contribution in [3.63, 3.8) is 0 Å². The number of likely N-dealkylation sites (tertiary alicyclic amines) is 1. The van der Waals surface area contributed by atoms with Gasteiger partial charge in [0.05, 0.1) is 0 Å². The lowest BCUT2D eigenvalue weighted by Crippen LogP contribution is -2.50. The van der Waals surface area contributed by atoms with Crippen molar-refractivity contribution in [3.8, 4) is 0 Å². The van der Waals surface area contributed by atoms with Crippen molar-refractivity contribution >= 4 is 38.8 Å². The number of hydrogen-bond donors (Lipinski definition) is 1. The van der Waals surface area contributed by atoms with Crippen LogP contribution in [0.5, 0.6) is 0 Å². The van der Waals surface area contributed by atoms with Crippen LogP contribution in [0.3, 0.4) is 0 Å². The molecule has 1 aromatic carbocycles. The molecule has 1 saturated heterocycles. The van der Waals surface area contributed by atoms with Crippen molar-refractivity contribution in [2.75, 3.05) is 6.54 Å². The molecule has 6 heteroatoms.